The Balaban J connectivity index is 3.54. The molecular weight excluding hydrogens is 829 g/mol. The summed E-state index contributed by atoms with van der Waals surface area (Å²) in [6.45, 7) is 7.17. The van der Waals surface area contributed by atoms with Gasteiger partial charge in [0.05, 0.1) is 12.5 Å². The first-order valence-corrected chi connectivity index (χ1v) is 21.9. The summed E-state index contributed by atoms with van der Waals surface area (Å²) in [5.74, 6) is -8.72. The molecule has 0 fully saturated rings. The molecule has 0 aliphatic carbocycles. The first-order chi connectivity index (χ1) is 29.1. The van der Waals surface area contributed by atoms with E-state index in [9.17, 15) is 53.4 Å². The Morgan fingerprint density at radius 3 is 1.65 bits per heavy atom. The summed E-state index contributed by atoms with van der Waals surface area (Å²) in [5.41, 5.74) is 22.7. The number of hydrogen-bond donors (Lipinski definition) is 12. The van der Waals surface area contributed by atoms with Crippen LogP contribution in [-0.4, -0.2) is 124 Å². The molecule has 0 spiro atoms. The summed E-state index contributed by atoms with van der Waals surface area (Å²) in [6.07, 6.45) is 1.77. The van der Waals surface area contributed by atoms with Crippen molar-refractivity contribution in [2.75, 3.05) is 18.6 Å². The SMILES string of the molecule is CC[C@H](C)[C@@H](NC(=O)[C@@H](Cc1ccc(O)cc1)NC(=O)[C@@H](CCC(N)=O)NC(=O)[C@@H](CCSC)NC(=O)[C@@H](CCCCN)NC(=O)[C@H](N)C(C)C)C(=O)N[C@H](CC(N)=O)C(=O)O. The zero-order chi connectivity index (χ0) is 47.1. The molecule has 0 saturated heterocycles. The van der Waals surface area contributed by atoms with Gasteiger partial charge in [-0.15, -0.1) is 0 Å². The Kier molecular flexibility index (Phi) is 24.8. The fourth-order valence-corrected chi connectivity index (χ4v) is 6.38. The topological polar surface area (TPSA) is 370 Å². The maximum absolute atomic E-state index is 14.1. The van der Waals surface area contributed by atoms with Gasteiger partial charge in [-0.3, -0.25) is 38.4 Å². The molecule has 8 atom stereocenters. The van der Waals surface area contributed by atoms with E-state index >= 15 is 0 Å². The number of carbonyl (C=O) groups excluding carboxylic acids is 8. The van der Waals surface area contributed by atoms with E-state index < -0.39 is 108 Å². The van der Waals surface area contributed by atoms with E-state index in [1.807, 2.05) is 0 Å². The summed E-state index contributed by atoms with van der Waals surface area (Å²) in [7, 11) is 0. The number of carbonyl (C=O) groups is 9. The van der Waals surface area contributed by atoms with Gasteiger partial charge in [-0.1, -0.05) is 46.2 Å². The number of nitrogens with two attached hydrogens (primary N) is 4. The van der Waals surface area contributed by atoms with Crippen molar-refractivity contribution in [1.29, 1.82) is 0 Å². The molecule has 348 valence electrons. The Hall–Kier alpha value is -5.48. The number of carboxylic acid groups (broad SMARTS) is 1. The molecule has 16 N–H and O–H groups in total. The predicted molar refractivity (Wildman–Crippen MR) is 231 cm³/mol. The van der Waals surface area contributed by atoms with Gasteiger partial charge in [0, 0.05) is 12.8 Å². The van der Waals surface area contributed by atoms with Gasteiger partial charge in [0.1, 0.15) is 42.0 Å². The molecule has 0 unspecified atom stereocenters. The molecule has 0 radical (unpaired) electrons. The molecule has 0 saturated carbocycles. The van der Waals surface area contributed by atoms with Crippen LogP contribution in [0.1, 0.15) is 84.6 Å². The molecule has 62 heavy (non-hydrogen) atoms. The molecule has 0 heterocycles. The van der Waals surface area contributed by atoms with Crippen LogP contribution < -0.4 is 54.8 Å². The van der Waals surface area contributed by atoms with Gasteiger partial charge in [-0.05, 0) is 80.2 Å². The normalized spacial score (nSPS) is 15.0. The number of rotatable bonds is 30. The molecule has 8 amide bonds. The average Bonchev–Trinajstić information content (AvgIpc) is 3.21. The van der Waals surface area contributed by atoms with E-state index in [1.54, 1.807) is 34.0 Å². The Labute approximate surface area is 366 Å². The number of unbranched alkanes of at least 4 members (excludes halogenated alkanes) is 1. The molecule has 0 bridgehead atoms. The van der Waals surface area contributed by atoms with E-state index in [2.05, 4.69) is 31.9 Å². The van der Waals surface area contributed by atoms with Crippen LogP contribution in [-0.2, 0) is 49.6 Å². The van der Waals surface area contributed by atoms with Crippen LogP contribution in [0.3, 0.4) is 0 Å². The summed E-state index contributed by atoms with van der Waals surface area (Å²) in [6, 6.07) is -3.59. The molecule has 1 aromatic rings. The van der Waals surface area contributed by atoms with E-state index in [0.717, 1.165) is 0 Å². The molecule has 0 aliphatic heterocycles. The van der Waals surface area contributed by atoms with Crippen molar-refractivity contribution >= 4 is 65.0 Å². The Bertz CT molecular complexity index is 1680. The highest BCUT2D eigenvalue weighted by Crippen LogP contribution is 2.15. The highest BCUT2D eigenvalue weighted by atomic mass is 32.2. The predicted octanol–water partition coefficient (Wildman–Crippen LogP) is -2.02. The first kappa shape index (κ1) is 54.5. The number of phenolic OH excluding ortho intramolecular Hbond substituents is 1. The number of primary amides is 2. The van der Waals surface area contributed by atoms with E-state index in [-0.39, 0.29) is 43.8 Å². The van der Waals surface area contributed by atoms with Gasteiger partial charge in [-0.25, -0.2) is 4.79 Å². The second-order valence-electron chi connectivity index (χ2n) is 15.4. The second kappa shape index (κ2) is 28.2. The van der Waals surface area contributed by atoms with E-state index in [4.69, 9.17) is 22.9 Å². The summed E-state index contributed by atoms with van der Waals surface area (Å²) < 4.78 is 0. The third-order valence-corrected chi connectivity index (χ3v) is 10.6. The minimum absolute atomic E-state index is 0.0861. The zero-order valence-electron chi connectivity index (χ0n) is 36.1. The number of hydrogen-bond acceptors (Lipinski definition) is 13. The number of nitrogens with one attached hydrogen (secondary N) is 6. The van der Waals surface area contributed by atoms with Crippen molar-refractivity contribution in [3.63, 3.8) is 0 Å². The summed E-state index contributed by atoms with van der Waals surface area (Å²) in [5, 5.41) is 34.7. The molecule has 22 heteroatoms. The lowest BCUT2D eigenvalue weighted by Gasteiger charge is -2.29. The number of benzene rings is 1. The lowest BCUT2D eigenvalue weighted by Crippen LogP contribution is -2.61. The third kappa shape index (κ3) is 19.9. The van der Waals surface area contributed by atoms with Crippen molar-refractivity contribution in [2.24, 2.45) is 34.8 Å². The standard InChI is InChI=1S/C40H66N10O11S/c1-6-22(4)33(39(59)49-29(40(60)61)20-31(43)53)50-37(57)28(19-23-10-12-24(51)13-11-23)48-35(55)26(14-15-30(42)52)45-36(56)27(16-18-62-5)46-34(54)25(9-7-8-17-41)47-38(58)32(44)21(2)3/h10-13,21-22,25-29,32-33,51H,6-9,14-20,41,44H2,1-5H3,(H2,42,52)(H2,43,53)(H,45,56)(H,46,54)(H,47,58)(H,48,55)(H,49,59)(H,50,57)(H,60,61)/t22-,25+,26+,27+,28+,29+,32+,33+/m0/s1. The number of thioether (sulfide) groups is 1. The van der Waals surface area contributed by atoms with Gasteiger partial charge in [0.15, 0.2) is 0 Å². The van der Waals surface area contributed by atoms with Crippen molar-refractivity contribution in [3.8, 4) is 5.75 Å². The number of phenols is 1. The lowest BCUT2D eigenvalue weighted by atomic mass is 9.96. The highest BCUT2D eigenvalue weighted by molar-refractivity contribution is 7.98. The molecular formula is C40H66N10O11S. The maximum Gasteiger partial charge on any atom is 0.326 e. The Morgan fingerprint density at radius 1 is 0.661 bits per heavy atom. The first-order valence-electron chi connectivity index (χ1n) is 20.5. The smallest absolute Gasteiger partial charge is 0.326 e. The third-order valence-electron chi connectivity index (χ3n) is 9.98. The average molecular weight is 895 g/mol. The lowest BCUT2D eigenvalue weighted by molar-refractivity contribution is -0.144. The van der Waals surface area contributed by atoms with Crippen molar-refractivity contribution in [1.82, 2.24) is 31.9 Å². The molecule has 0 aliphatic rings. The molecule has 1 rings (SSSR count). The van der Waals surface area contributed by atoms with Gasteiger partial charge >= 0.3 is 5.97 Å². The molecule has 1 aromatic carbocycles. The van der Waals surface area contributed by atoms with Crippen LogP contribution in [0.25, 0.3) is 0 Å². The Morgan fingerprint density at radius 2 is 1.16 bits per heavy atom. The van der Waals surface area contributed by atoms with E-state index in [0.29, 0.717) is 37.1 Å². The van der Waals surface area contributed by atoms with Gasteiger partial charge in [-0.2, -0.15) is 11.8 Å². The highest BCUT2D eigenvalue weighted by Gasteiger charge is 2.35. The largest absolute Gasteiger partial charge is 0.508 e. The fraction of sp³-hybridized carbons (Fsp3) is 0.625. The van der Waals surface area contributed by atoms with Crippen molar-refractivity contribution in [3.05, 3.63) is 29.8 Å². The molecule has 21 nitrogen and oxygen atoms in total. The van der Waals surface area contributed by atoms with E-state index in [1.165, 1.54) is 36.0 Å². The van der Waals surface area contributed by atoms with Gasteiger partial charge in [0.2, 0.25) is 47.3 Å². The number of carboxylic acids is 1. The number of aliphatic carboxylic acids is 1. The second-order valence-corrected chi connectivity index (χ2v) is 16.4. The van der Waals surface area contributed by atoms with Gasteiger partial charge < -0.3 is 65.0 Å². The minimum atomic E-state index is -1.70. The number of aromatic hydroxyl groups is 1. The van der Waals surface area contributed by atoms with Crippen molar-refractivity contribution < 1.29 is 53.4 Å². The quantitative estimate of drug-likeness (QED) is 0.0371. The van der Waals surface area contributed by atoms with Gasteiger partial charge in [0.25, 0.3) is 0 Å². The zero-order valence-corrected chi connectivity index (χ0v) is 36.9. The minimum Gasteiger partial charge on any atom is -0.508 e. The van der Waals surface area contributed by atoms with Crippen LogP contribution in [0.15, 0.2) is 24.3 Å². The molecule has 0 aromatic heterocycles. The fourth-order valence-electron chi connectivity index (χ4n) is 5.90. The van der Waals surface area contributed by atoms with Crippen LogP contribution in [0.2, 0.25) is 0 Å². The van der Waals surface area contributed by atoms with Crippen LogP contribution in [0, 0.1) is 11.8 Å². The van der Waals surface area contributed by atoms with Crippen LogP contribution >= 0.6 is 11.8 Å². The summed E-state index contributed by atoms with van der Waals surface area (Å²) in [4.78, 5) is 117. The van der Waals surface area contributed by atoms with Crippen molar-refractivity contribution in [2.45, 2.75) is 128 Å². The number of amides is 8. The van der Waals surface area contributed by atoms with Crippen LogP contribution in [0.5, 0.6) is 5.75 Å². The maximum atomic E-state index is 14.1. The monoisotopic (exact) mass is 894 g/mol. The van der Waals surface area contributed by atoms with Crippen LogP contribution in [0.4, 0.5) is 0 Å². The summed E-state index contributed by atoms with van der Waals surface area (Å²) >= 11 is 1.38.